The van der Waals surface area contributed by atoms with Crippen LogP contribution in [0, 0.1) is 0 Å². The van der Waals surface area contributed by atoms with E-state index in [0.29, 0.717) is 10.4 Å². The topological polar surface area (TPSA) is 33.5 Å². The number of nitrogens with zero attached hydrogens (tertiary/aromatic N) is 1. The second-order valence-corrected chi connectivity index (χ2v) is 5.87. The Morgan fingerprint density at radius 1 is 1.25 bits per heavy atom. The summed E-state index contributed by atoms with van der Waals surface area (Å²) in [5.74, 6) is 0.408. The van der Waals surface area contributed by atoms with Gasteiger partial charge in [0.05, 0.1) is 0 Å². The van der Waals surface area contributed by atoms with Gasteiger partial charge in [-0.25, -0.2) is 0 Å². The molecule has 4 heteroatoms. The highest BCUT2D eigenvalue weighted by atomic mass is 79.9. The molecule has 1 fully saturated rings. The number of furan rings is 1. The first-order valence-electron chi connectivity index (χ1n) is 6.84. The van der Waals surface area contributed by atoms with Gasteiger partial charge in [0, 0.05) is 12.6 Å². The van der Waals surface area contributed by atoms with Crippen LogP contribution >= 0.6 is 15.9 Å². The van der Waals surface area contributed by atoms with E-state index in [0.717, 1.165) is 25.8 Å². The van der Waals surface area contributed by atoms with Crippen LogP contribution in [0.5, 0.6) is 0 Å². The molecule has 0 aliphatic carbocycles. The minimum absolute atomic E-state index is 0.00543. The lowest BCUT2D eigenvalue weighted by Crippen LogP contribution is -2.36. The number of halogens is 1. The van der Waals surface area contributed by atoms with E-state index in [1.54, 1.807) is 12.1 Å². The molecule has 20 heavy (non-hydrogen) atoms. The van der Waals surface area contributed by atoms with E-state index >= 15 is 0 Å². The highest BCUT2D eigenvalue weighted by Gasteiger charge is 2.30. The van der Waals surface area contributed by atoms with Crippen molar-refractivity contribution in [2.24, 2.45) is 0 Å². The smallest absolute Gasteiger partial charge is 0.289 e. The van der Waals surface area contributed by atoms with Crippen LogP contribution in [0.3, 0.4) is 0 Å². The van der Waals surface area contributed by atoms with Crippen LogP contribution in [0.4, 0.5) is 0 Å². The average molecular weight is 334 g/mol. The van der Waals surface area contributed by atoms with Gasteiger partial charge < -0.3 is 9.32 Å². The van der Waals surface area contributed by atoms with Gasteiger partial charge in [-0.15, -0.1) is 0 Å². The van der Waals surface area contributed by atoms with Gasteiger partial charge in [-0.05, 0) is 52.9 Å². The molecule has 104 valence electrons. The summed E-state index contributed by atoms with van der Waals surface area (Å²) in [5, 5.41) is 0. The van der Waals surface area contributed by atoms with Crippen molar-refractivity contribution in [3.05, 3.63) is 58.5 Å². The molecular formula is C16H16BrNO2. The second kappa shape index (κ2) is 5.83. The minimum atomic E-state index is -0.00543. The van der Waals surface area contributed by atoms with Crippen molar-refractivity contribution < 1.29 is 9.21 Å². The number of carbonyl (C=O) groups excluding carboxylic acids is 1. The summed E-state index contributed by atoms with van der Waals surface area (Å²) < 4.78 is 5.98. The van der Waals surface area contributed by atoms with E-state index in [4.69, 9.17) is 4.42 Å². The summed E-state index contributed by atoms with van der Waals surface area (Å²) in [7, 11) is 0. The SMILES string of the molecule is O=C(c1ccc(Br)o1)N1CCC[C@@H]1Cc1ccccc1. The van der Waals surface area contributed by atoms with E-state index in [-0.39, 0.29) is 11.9 Å². The van der Waals surface area contributed by atoms with Crippen LogP contribution in [0.2, 0.25) is 0 Å². The summed E-state index contributed by atoms with van der Waals surface area (Å²) in [5.41, 5.74) is 1.28. The molecule has 1 aromatic carbocycles. The van der Waals surface area contributed by atoms with Crippen LogP contribution < -0.4 is 0 Å². The van der Waals surface area contributed by atoms with Crippen molar-refractivity contribution in [2.45, 2.75) is 25.3 Å². The van der Waals surface area contributed by atoms with Crippen LogP contribution in [-0.2, 0) is 6.42 Å². The quantitative estimate of drug-likeness (QED) is 0.853. The Bertz CT molecular complexity index is 594. The predicted octanol–water partition coefficient (Wildman–Crippen LogP) is 3.89. The molecule has 1 atom stereocenters. The third kappa shape index (κ3) is 2.80. The number of hydrogen-bond acceptors (Lipinski definition) is 2. The fraction of sp³-hybridized carbons (Fsp3) is 0.312. The number of likely N-dealkylation sites (tertiary alicyclic amines) is 1. The minimum Gasteiger partial charge on any atom is -0.444 e. The molecule has 2 aromatic rings. The van der Waals surface area contributed by atoms with E-state index in [2.05, 4.69) is 28.1 Å². The van der Waals surface area contributed by atoms with E-state index in [1.807, 2.05) is 23.1 Å². The summed E-state index contributed by atoms with van der Waals surface area (Å²) in [4.78, 5) is 14.4. The van der Waals surface area contributed by atoms with Gasteiger partial charge in [-0.1, -0.05) is 30.3 Å². The van der Waals surface area contributed by atoms with Gasteiger partial charge in [-0.2, -0.15) is 0 Å². The molecule has 3 nitrogen and oxygen atoms in total. The van der Waals surface area contributed by atoms with Gasteiger partial charge in [-0.3, -0.25) is 4.79 Å². The third-order valence-electron chi connectivity index (χ3n) is 3.74. The first-order chi connectivity index (χ1) is 9.74. The Morgan fingerprint density at radius 3 is 2.75 bits per heavy atom. The van der Waals surface area contributed by atoms with Gasteiger partial charge in [0.2, 0.25) is 0 Å². The molecular weight excluding hydrogens is 318 g/mol. The van der Waals surface area contributed by atoms with Crippen LogP contribution in [0.15, 0.2) is 51.6 Å². The second-order valence-electron chi connectivity index (χ2n) is 5.09. The molecule has 1 aromatic heterocycles. The Morgan fingerprint density at radius 2 is 2.05 bits per heavy atom. The number of rotatable bonds is 3. The van der Waals surface area contributed by atoms with Crippen molar-refractivity contribution >= 4 is 21.8 Å². The monoisotopic (exact) mass is 333 g/mol. The molecule has 0 saturated carbocycles. The Kier molecular flexibility index (Phi) is 3.92. The van der Waals surface area contributed by atoms with Crippen molar-refractivity contribution in [2.75, 3.05) is 6.54 Å². The van der Waals surface area contributed by atoms with Gasteiger partial charge >= 0.3 is 0 Å². The average Bonchev–Trinajstić information content (AvgIpc) is 3.08. The zero-order valence-corrected chi connectivity index (χ0v) is 12.7. The first-order valence-corrected chi connectivity index (χ1v) is 7.63. The Hall–Kier alpha value is -1.55. The van der Waals surface area contributed by atoms with Gasteiger partial charge in [0.25, 0.3) is 5.91 Å². The van der Waals surface area contributed by atoms with Crippen molar-refractivity contribution in [3.8, 4) is 0 Å². The molecule has 0 unspecified atom stereocenters. The van der Waals surface area contributed by atoms with Crippen LogP contribution in [0.1, 0.15) is 29.0 Å². The van der Waals surface area contributed by atoms with Crippen LogP contribution in [0.25, 0.3) is 0 Å². The molecule has 0 bridgehead atoms. The zero-order valence-electron chi connectivity index (χ0n) is 11.1. The first kappa shape index (κ1) is 13.4. The summed E-state index contributed by atoms with van der Waals surface area (Å²) >= 11 is 3.24. The molecule has 1 amide bonds. The fourth-order valence-electron chi connectivity index (χ4n) is 2.77. The number of hydrogen-bond donors (Lipinski definition) is 0. The van der Waals surface area contributed by atoms with E-state index in [1.165, 1.54) is 5.56 Å². The fourth-order valence-corrected chi connectivity index (χ4v) is 3.08. The summed E-state index contributed by atoms with van der Waals surface area (Å²) in [6.07, 6.45) is 3.03. The summed E-state index contributed by atoms with van der Waals surface area (Å²) in [6.45, 7) is 0.814. The Balaban J connectivity index is 1.74. The predicted molar refractivity (Wildman–Crippen MR) is 80.6 cm³/mol. The number of amides is 1. The molecule has 2 heterocycles. The molecule has 3 rings (SSSR count). The molecule has 0 spiro atoms. The Labute approximate surface area is 126 Å². The molecule has 1 aliphatic rings. The maximum atomic E-state index is 12.5. The number of benzene rings is 1. The van der Waals surface area contributed by atoms with Crippen molar-refractivity contribution in [1.82, 2.24) is 4.90 Å². The third-order valence-corrected chi connectivity index (χ3v) is 4.16. The van der Waals surface area contributed by atoms with E-state index < -0.39 is 0 Å². The van der Waals surface area contributed by atoms with Crippen LogP contribution in [-0.4, -0.2) is 23.4 Å². The molecule has 0 radical (unpaired) electrons. The highest BCUT2D eigenvalue weighted by Crippen LogP contribution is 2.24. The van der Waals surface area contributed by atoms with Crippen molar-refractivity contribution in [3.63, 3.8) is 0 Å². The zero-order chi connectivity index (χ0) is 13.9. The summed E-state index contributed by atoms with van der Waals surface area (Å²) in [6, 6.07) is 14.1. The van der Waals surface area contributed by atoms with Crippen molar-refractivity contribution in [1.29, 1.82) is 0 Å². The van der Waals surface area contributed by atoms with Gasteiger partial charge in [0.1, 0.15) is 0 Å². The molecule has 1 aliphatic heterocycles. The standard InChI is InChI=1S/C16H16BrNO2/c17-15-9-8-14(20-15)16(19)18-10-4-7-13(18)11-12-5-2-1-3-6-12/h1-3,5-6,8-9,13H,4,7,10-11H2/t13-/m1/s1. The lowest BCUT2D eigenvalue weighted by atomic mass is 10.0. The lowest BCUT2D eigenvalue weighted by Gasteiger charge is -2.23. The number of carbonyl (C=O) groups is 1. The lowest BCUT2D eigenvalue weighted by molar-refractivity contribution is 0.0703. The van der Waals surface area contributed by atoms with E-state index in [9.17, 15) is 4.79 Å². The maximum Gasteiger partial charge on any atom is 0.289 e. The largest absolute Gasteiger partial charge is 0.444 e. The highest BCUT2D eigenvalue weighted by molar-refractivity contribution is 9.10. The molecule has 0 N–H and O–H groups in total. The normalized spacial score (nSPS) is 18.4. The maximum absolute atomic E-state index is 12.5. The molecule has 1 saturated heterocycles. The van der Waals surface area contributed by atoms with Gasteiger partial charge in [0.15, 0.2) is 10.4 Å².